The number of hydrogen-bond acceptors (Lipinski definition) is 4. The maximum absolute atomic E-state index is 14.4. The summed E-state index contributed by atoms with van der Waals surface area (Å²) in [5, 5.41) is 2.61. The molecule has 0 saturated carbocycles. The summed E-state index contributed by atoms with van der Waals surface area (Å²) in [6.45, 7) is 2.90. The van der Waals surface area contributed by atoms with Crippen LogP contribution in [0.5, 0.6) is 0 Å². The number of aromatic nitrogens is 2. The standard InChI is InChI=1S/C17H16F3N3O2S/c1-8-21-16-12(17(24)22-23(16)9-4-6-25-7-5-9)15(26-8)10-2-3-11(18)14(20)13(10)19/h2-3,9,15H,4-7H2,1H3,(H,22,24)/t15-/m0/s1. The van der Waals surface area contributed by atoms with Gasteiger partial charge in [-0.25, -0.2) is 18.2 Å². The molecule has 0 radical (unpaired) electrons. The van der Waals surface area contributed by atoms with Crippen molar-refractivity contribution in [3.8, 4) is 0 Å². The molecule has 0 spiro atoms. The minimum absolute atomic E-state index is 0.0234. The predicted octanol–water partition coefficient (Wildman–Crippen LogP) is 3.83. The number of aromatic amines is 1. The fourth-order valence-corrected chi connectivity index (χ4v) is 4.50. The quantitative estimate of drug-likeness (QED) is 0.802. The predicted molar refractivity (Wildman–Crippen MR) is 92.7 cm³/mol. The summed E-state index contributed by atoms with van der Waals surface area (Å²) >= 11 is 1.15. The van der Waals surface area contributed by atoms with Crippen molar-refractivity contribution in [1.29, 1.82) is 0 Å². The van der Waals surface area contributed by atoms with E-state index in [0.29, 0.717) is 24.1 Å². The lowest BCUT2D eigenvalue weighted by Crippen LogP contribution is -2.21. The van der Waals surface area contributed by atoms with Crippen LogP contribution < -0.4 is 5.56 Å². The van der Waals surface area contributed by atoms with E-state index in [1.807, 2.05) is 0 Å². The molecule has 3 heterocycles. The van der Waals surface area contributed by atoms with Crippen LogP contribution in [0.2, 0.25) is 0 Å². The van der Waals surface area contributed by atoms with E-state index in [4.69, 9.17) is 4.74 Å². The van der Waals surface area contributed by atoms with Gasteiger partial charge in [-0.05, 0) is 25.8 Å². The van der Waals surface area contributed by atoms with Crippen LogP contribution in [0.25, 0.3) is 0 Å². The van der Waals surface area contributed by atoms with Crippen LogP contribution in [0.15, 0.2) is 21.9 Å². The molecular formula is C17H16F3N3O2S. The van der Waals surface area contributed by atoms with Gasteiger partial charge in [0.05, 0.1) is 21.9 Å². The van der Waals surface area contributed by atoms with Crippen LogP contribution in [-0.4, -0.2) is 28.0 Å². The number of halogens is 3. The van der Waals surface area contributed by atoms with Gasteiger partial charge in [0.25, 0.3) is 5.56 Å². The summed E-state index contributed by atoms with van der Waals surface area (Å²) in [6, 6.07) is 2.08. The monoisotopic (exact) mass is 383 g/mol. The van der Waals surface area contributed by atoms with E-state index in [1.54, 1.807) is 11.6 Å². The molecule has 1 atom stereocenters. The summed E-state index contributed by atoms with van der Waals surface area (Å²) in [5.41, 5.74) is -0.207. The molecule has 1 aromatic carbocycles. The van der Waals surface area contributed by atoms with Crippen molar-refractivity contribution < 1.29 is 17.9 Å². The Morgan fingerprint density at radius 3 is 2.69 bits per heavy atom. The highest BCUT2D eigenvalue weighted by atomic mass is 32.2. The SMILES string of the molecule is CC1=Nc2c(c(=O)[nH]n2C2CCOCC2)[C@H](c2ccc(F)c(F)c2F)S1. The molecule has 1 saturated heterocycles. The van der Waals surface area contributed by atoms with Crippen LogP contribution >= 0.6 is 11.8 Å². The van der Waals surface area contributed by atoms with E-state index in [-0.39, 0.29) is 17.2 Å². The summed E-state index contributed by atoms with van der Waals surface area (Å²) in [5.74, 6) is -3.65. The first-order valence-corrected chi connectivity index (χ1v) is 9.13. The van der Waals surface area contributed by atoms with Gasteiger partial charge in [-0.15, -0.1) is 0 Å². The number of hydrogen-bond donors (Lipinski definition) is 1. The Hall–Kier alpha value is -2.00. The van der Waals surface area contributed by atoms with Gasteiger partial charge in [0, 0.05) is 18.8 Å². The number of ether oxygens (including phenoxy) is 1. The lowest BCUT2D eigenvalue weighted by molar-refractivity contribution is 0.0666. The molecule has 0 bridgehead atoms. The normalized spacial score (nSPS) is 20.8. The maximum atomic E-state index is 14.4. The first-order chi connectivity index (χ1) is 12.5. The molecule has 2 aliphatic rings. The number of nitrogens with zero attached hydrogens (tertiary/aromatic N) is 2. The second-order valence-electron chi connectivity index (χ2n) is 6.29. The fraction of sp³-hybridized carbons (Fsp3) is 0.412. The summed E-state index contributed by atoms with van der Waals surface area (Å²) in [4.78, 5) is 17.1. The smallest absolute Gasteiger partial charge is 0.271 e. The lowest BCUT2D eigenvalue weighted by atomic mass is 10.0. The van der Waals surface area contributed by atoms with Gasteiger partial charge in [0.2, 0.25) is 0 Å². The van der Waals surface area contributed by atoms with Gasteiger partial charge in [-0.1, -0.05) is 17.8 Å². The number of aliphatic imine (C=N–C) groups is 1. The Bertz CT molecular complexity index is 947. The summed E-state index contributed by atoms with van der Waals surface area (Å²) in [7, 11) is 0. The molecule has 2 aromatic rings. The second kappa shape index (κ2) is 6.62. The molecule has 0 amide bonds. The molecule has 0 unspecified atom stereocenters. The molecule has 1 aromatic heterocycles. The third kappa shape index (κ3) is 2.79. The number of thioether (sulfide) groups is 1. The molecule has 5 nitrogen and oxygen atoms in total. The van der Waals surface area contributed by atoms with Gasteiger partial charge in [0.1, 0.15) is 0 Å². The zero-order chi connectivity index (χ0) is 18.4. The van der Waals surface area contributed by atoms with Crippen LogP contribution in [-0.2, 0) is 4.74 Å². The Morgan fingerprint density at radius 2 is 1.96 bits per heavy atom. The van der Waals surface area contributed by atoms with Gasteiger partial charge >= 0.3 is 0 Å². The first-order valence-electron chi connectivity index (χ1n) is 8.25. The van der Waals surface area contributed by atoms with E-state index in [2.05, 4.69) is 10.1 Å². The molecule has 9 heteroatoms. The van der Waals surface area contributed by atoms with E-state index >= 15 is 0 Å². The topological polar surface area (TPSA) is 59.4 Å². The van der Waals surface area contributed by atoms with E-state index in [1.165, 1.54) is 6.07 Å². The Morgan fingerprint density at radius 1 is 1.23 bits per heavy atom. The number of rotatable bonds is 2. The largest absolute Gasteiger partial charge is 0.381 e. The molecule has 0 aliphatic carbocycles. The minimum Gasteiger partial charge on any atom is -0.381 e. The lowest BCUT2D eigenvalue weighted by Gasteiger charge is -2.26. The summed E-state index contributed by atoms with van der Waals surface area (Å²) < 4.78 is 48.4. The van der Waals surface area contributed by atoms with Crippen molar-refractivity contribution in [2.24, 2.45) is 4.99 Å². The zero-order valence-electron chi connectivity index (χ0n) is 13.9. The van der Waals surface area contributed by atoms with Gasteiger partial charge in [-0.2, -0.15) is 0 Å². The van der Waals surface area contributed by atoms with Crippen LogP contribution in [0.4, 0.5) is 19.0 Å². The minimum atomic E-state index is -1.54. The van der Waals surface area contributed by atoms with Crippen LogP contribution in [0.1, 0.15) is 42.2 Å². The first kappa shape index (κ1) is 17.4. The van der Waals surface area contributed by atoms with Crippen molar-refractivity contribution in [3.05, 3.63) is 51.1 Å². The Labute approximate surface area is 151 Å². The highest BCUT2D eigenvalue weighted by molar-refractivity contribution is 8.14. The van der Waals surface area contributed by atoms with E-state index < -0.39 is 28.3 Å². The Balaban J connectivity index is 1.85. The van der Waals surface area contributed by atoms with E-state index in [9.17, 15) is 18.0 Å². The van der Waals surface area contributed by atoms with Crippen LogP contribution in [0.3, 0.4) is 0 Å². The summed E-state index contributed by atoms with van der Waals surface area (Å²) in [6.07, 6.45) is 1.45. The maximum Gasteiger partial charge on any atom is 0.271 e. The highest BCUT2D eigenvalue weighted by Crippen LogP contribution is 2.45. The fourth-order valence-electron chi connectivity index (χ4n) is 3.38. The molecule has 1 fully saturated rings. The molecule has 2 aliphatic heterocycles. The highest BCUT2D eigenvalue weighted by Gasteiger charge is 2.34. The van der Waals surface area contributed by atoms with Crippen molar-refractivity contribution >= 4 is 22.6 Å². The number of H-pyrrole nitrogens is 1. The number of nitrogens with one attached hydrogen (secondary N) is 1. The van der Waals surface area contributed by atoms with Crippen molar-refractivity contribution in [3.63, 3.8) is 0 Å². The molecule has 4 rings (SSSR count). The van der Waals surface area contributed by atoms with E-state index in [0.717, 1.165) is 30.7 Å². The molecular weight excluding hydrogens is 367 g/mol. The third-order valence-electron chi connectivity index (χ3n) is 4.65. The second-order valence-corrected chi connectivity index (χ2v) is 7.58. The molecule has 1 N–H and O–H groups in total. The third-order valence-corrected chi connectivity index (χ3v) is 5.81. The van der Waals surface area contributed by atoms with Crippen LogP contribution in [0, 0.1) is 17.5 Å². The van der Waals surface area contributed by atoms with Crippen molar-refractivity contribution in [1.82, 2.24) is 9.78 Å². The van der Waals surface area contributed by atoms with Gasteiger partial charge in [-0.3, -0.25) is 14.6 Å². The molecule has 26 heavy (non-hydrogen) atoms. The zero-order valence-corrected chi connectivity index (χ0v) is 14.7. The Kier molecular flexibility index (Phi) is 4.44. The number of fused-ring (bicyclic) bond motifs is 1. The average molecular weight is 383 g/mol. The number of benzene rings is 1. The molecule has 138 valence electrons. The van der Waals surface area contributed by atoms with Gasteiger partial charge in [0.15, 0.2) is 23.3 Å². The van der Waals surface area contributed by atoms with Crippen molar-refractivity contribution in [2.45, 2.75) is 31.1 Å². The average Bonchev–Trinajstić information content (AvgIpc) is 2.96. The van der Waals surface area contributed by atoms with Gasteiger partial charge < -0.3 is 4.74 Å². The van der Waals surface area contributed by atoms with Crippen molar-refractivity contribution in [2.75, 3.05) is 13.2 Å².